The normalized spacial score (nSPS) is 50.4. The largest absolute Gasteiger partial charge is 0.395 e. The minimum Gasteiger partial charge on any atom is -0.395 e. The van der Waals surface area contributed by atoms with Gasteiger partial charge in [0.25, 0.3) is 0 Å². The zero-order chi connectivity index (χ0) is 31.8. The van der Waals surface area contributed by atoms with Crippen LogP contribution in [0.15, 0.2) is 0 Å². The summed E-state index contributed by atoms with van der Waals surface area (Å²) in [5.74, 6) is -1.48. The van der Waals surface area contributed by atoms with Gasteiger partial charge in [0, 0.05) is 38.0 Å². The van der Waals surface area contributed by atoms with Gasteiger partial charge in [0.05, 0.1) is 25.4 Å². The number of nitrogens with one attached hydrogen (secondary N) is 1. The van der Waals surface area contributed by atoms with E-state index in [-0.39, 0.29) is 39.0 Å². The van der Waals surface area contributed by atoms with Crippen molar-refractivity contribution in [2.75, 3.05) is 26.3 Å². The number of carbonyl (C=O) groups excluding carboxylic acids is 1. The Morgan fingerprint density at radius 2 is 1.44 bits per heavy atom. The summed E-state index contributed by atoms with van der Waals surface area (Å²) in [6, 6.07) is -3.06. The second kappa shape index (κ2) is 14.2. The number of nitrogens with two attached hydrogens (primary N) is 3. The van der Waals surface area contributed by atoms with Crippen LogP contribution >= 0.6 is 0 Å². The zero-order valence-electron chi connectivity index (χ0n) is 23.5. The summed E-state index contributed by atoms with van der Waals surface area (Å²) in [7, 11) is 0. The van der Waals surface area contributed by atoms with Crippen LogP contribution in [-0.4, -0.2) is 175 Å². The quantitative estimate of drug-likeness (QED) is 0.0894. The first-order valence-corrected chi connectivity index (χ1v) is 14.4. The summed E-state index contributed by atoms with van der Waals surface area (Å²) in [6.07, 6.45) is -18.2. The lowest BCUT2D eigenvalue weighted by atomic mass is 9.76. The fourth-order valence-electron chi connectivity index (χ4n) is 5.98. The molecule has 2 saturated carbocycles. The number of hydrogen-bond donors (Lipinski definition) is 13. The maximum absolute atomic E-state index is 12.9. The molecule has 0 radical (unpaired) electrons. The third-order valence-corrected chi connectivity index (χ3v) is 8.87. The number of ether oxygens (including phenoxy) is 4. The molecular formula is C25H46N4O14. The molecule has 43 heavy (non-hydrogen) atoms. The van der Waals surface area contributed by atoms with E-state index < -0.39 is 116 Å². The van der Waals surface area contributed by atoms with Crippen LogP contribution < -0.4 is 22.5 Å². The fourth-order valence-corrected chi connectivity index (χ4v) is 5.98. The van der Waals surface area contributed by atoms with E-state index in [1.807, 2.05) is 0 Å². The maximum atomic E-state index is 12.9. The average molecular weight is 627 g/mol. The molecule has 17 atom stereocenters. The summed E-state index contributed by atoms with van der Waals surface area (Å²) >= 11 is 0. The Labute approximate surface area is 247 Å². The second-order valence-corrected chi connectivity index (χ2v) is 11.9. The van der Waals surface area contributed by atoms with Gasteiger partial charge in [-0.15, -0.1) is 0 Å². The van der Waals surface area contributed by atoms with Gasteiger partial charge in [0.2, 0.25) is 0 Å². The van der Waals surface area contributed by atoms with Crippen LogP contribution in [0, 0.1) is 5.92 Å². The molecule has 18 heteroatoms. The molecule has 4 aliphatic rings. The molecule has 0 aromatic heterocycles. The average Bonchev–Trinajstić information content (AvgIpc) is 3.60. The van der Waals surface area contributed by atoms with E-state index in [9.17, 15) is 45.6 Å². The van der Waals surface area contributed by atoms with Gasteiger partial charge in [0.1, 0.15) is 60.5 Å². The number of Topliss-reactive ketones (excluding diaryl/α,β-unsaturated/α-hetero) is 1. The SMILES string of the molecule is NC1CC1(O)C(=O)C[C@@H]1C[C@H](N)C(O[C@H]2O[C@H](CNCCO)[C@@H](O)[C@H](O)[C@H]2O)[C@H](O)[C@H]1O[C@H]1O[C@H](CO)[C@@H](O)[C@H](N)[C@H]1O. The lowest BCUT2D eigenvalue weighted by Crippen LogP contribution is -2.67. The van der Waals surface area contributed by atoms with Crippen molar-refractivity contribution in [3.05, 3.63) is 0 Å². The van der Waals surface area contributed by atoms with Crippen LogP contribution in [-0.2, 0) is 23.7 Å². The molecule has 4 rings (SSSR count). The number of hydrogen-bond acceptors (Lipinski definition) is 18. The molecule has 2 heterocycles. The number of ketones is 1. The number of aliphatic hydroxyl groups excluding tert-OH is 8. The van der Waals surface area contributed by atoms with Crippen molar-refractivity contribution in [2.45, 2.75) is 117 Å². The number of rotatable bonds is 12. The van der Waals surface area contributed by atoms with Gasteiger partial charge in [0.15, 0.2) is 18.4 Å². The molecule has 16 N–H and O–H groups in total. The Hall–Kier alpha value is -1.01. The van der Waals surface area contributed by atoms with Crippen molar-refractivity contribution in [3.63, 3.8) is 0 Å². The number of aliphatic hydroxyl groups is 9. The fraction of sp³-hybridized carbons (Fsp3) is 0.960. The Balaban J connectivity index is 1.54. The molecule has 0 aromatic carbocycles. The first kappa shape index (κ1) is 34.9. The molecular weight excluding hydrogens is 580 g/mol. The molecule has 2 saturated heterocycles. The molecule has 0 aromatic rings. The first-order valence-electron chi connectivity index (χ1n) is 14.4. The third-order valence-electron chi connectivity index (χ3n) is 8.87. The van der Waals surface area contributed by atoms with Gasteiger partial charge in [-0.2, -0.15) is 0 Å². The molecule has 250 valence electrons. The highest BCUT2D eigenvalue weighted by molar-refractivity contribution is 5.91. The highest BCUT2D eigenvalue weighted by atomic mass is 16.7. The highest BCUT2D eigenvalue weighted by Gasteiger charge is 2.58. The van der Waals surface area contributed by atoms with Gasteiger partial charge >= 0.3 is 0 Å². The minimum absolute atomic E-state index is 0.0271. The molecule has 2 aliphatic heterocycles. The van der Waals surface area contributed by atoms with Gasteiger partial charge in [-0.3, -0.25) is 4.79 Å². The maximum Gasteiger partial charge on any atom is 0.187 e. The summed E-state index contributed by atoms with van der Waals surface area (Å²) in [5.41, 5.74) is 16.2. The molecule has 0 bridgehead atoms. The molecule has 4 fully saturated rings. The van der Waals surface area contributed by atoms with Crippen molar-refractivity contribution >= 4 is 5.78 Å². The minimum atomic E-state index is -1.76. The molecule has 0 spiro atoms. The van der Waals surface area contributed by atoms with Crippen LogP contribution in [0.3, 0.4) is 0 Å². The smallest absolute Gasteiger partial charge is 0.187 e. The standard InChI is InChI=1S/C25H46N4O14/c26-9-3-8(4-13(32)25(39)5-12(25)27)21(42-23-17(35)14(28)15(33)11(7-31)41-23)20(38)22(9)43-24-19(37)18(36)16(34)10(40-24)6-29-1-2-30/h8-12,14-24,29-31,33-39H,1-7,26-28H2/t8-,9-,10+,11+,12?,14-,15+,16+,17+,18-,19+,20+,21-,22?,23+,24+,25?/m0/s1. The van der Waals surface area contributed by atoms with Crippen molar-refractivity contribution in [1.82, 2.24) is 5.32 Å². The van der Waals surface area contributed by atoms with Gasteiger partial charge in [-0.05, 0) is 12.3 Å². The Kier molecular flexibility index (Phi) is 11.5. The van der Waals surface area contributed by atoms with Gasteiger partial charge in [-0.1, -0.05) is 0 Å². The highest BCUT2D eigenvalue weighted by Crippen LogP contribution is 2.41. The van der Waals surface area contributed by atoms with E-state index in [0.717, 1.165) is 0 Å². The van der Waals surface area contributed by atoms with E-state index in [4.69, 9.17) is 41.3 Å². The van der Waals surface area contributed by atoms with Crippen LogP contribution in [0.1, 0.15) is 19.3 Å². The van der Waals surface area contributed by atoms with E-state index in [1.54, 1.807) is 0 Å². The summed E-state index contributed by atoms with van der Waals surface area (Å²) in [5, 5.41) is 95.6. The van der Waals surface area contributed by atoms with E-state index in [0.29, 0.717) is 0 Å². The molecule has 0 amide bonds. The van der Waals surface area contributed by atoms with Crippen molar-refractivity contribution < 1.29 is 69.7 Å². The topological polar surface area (TPSA) is 326 Å². The van der Waals surface area contributed by atoms with Crippen molar-refractivity contribution in [1.29, 1.82) is 0 Å². The predicted octanol–water partition coefficient (Wildman–Crippen LogP) is -7.96. The van der Waals surface area contributed by atoms with Crippen LogP contribution in [0.4, 0.5) is 0 Å². The predicted molar refractivity (Wildman–Crippen MR) is 141 cm³/mol. The van der Waals surface area contributed by atoms with Crippen molar-refractivity contribution in [3.8, 4) is 0 Å². The summed E-state index contributed by atoms with van der Waals surface area (Å²) in [6.45, 7) is -0.735. The van der Waals surface area contributed by atoms with Gasteiger partial charge < -0.3 is 87.4 Å². The lowest BCUT2D eigenvalue weighted by Gasteiger charge is -2.49. The first-order chi connectivity index (χ1) is 20.2. The van der Waals surface area contributed by atoms with Crippen LogP contribution in [0.2, 0.25) is 0 Å². The molecule has 2 aliphatic carbocycles. The Morgan fingerprint density at radius 1 is 0.837 bits per heavy atom. The van der Waals surface area contributed by atoms with E-state index >= 15 is 0 Å². The van der Waals surface area contributed by atoms with E-state index in [2.05, 4.69) is 5.32 Å². The molecule has 3 unspecified atom stereocenters. The number of carbonyl (C=O) groups is 1. The monoisotopic (exact) mass is 626 g/mol. The lowest BCUT2D eigenvalue weighted by molar-refractivity contribution is -0.335. The van der Waals surface area contributed by atoms with Crippen molar-refractivity contribution in [2.24, 2.45) is 23.1 Å². The summed E-state index contributed by atoms with van der Waals surface area (Å²) < 4.78 is 23.0. The molecule has 18 nitrogen and oxygen atoms in total. The van der Waals surface area contributed by atoms with Crippen LogP contribution in [0.25, 0.3) is 0 Å². The van der Waals surface area contributed by atoms with E-state index in [1.165, 1.54) is 0 Å². The summed E-state index contributed by atoms with van der Waals surface area (Å²) in [4.78, 5) is 12.9. The third kappa shape index (κ3) is 7.21. The zero-order valence-corrected chi connectivity index (χ0v) is 23.5. The Morgan fingerprint density at radius 3 is 2.05 bits per heavy atom. The Bertz CT molecular complexity index is 938. The van der Waals surface area contributed by atoms with Gasteiger partial charge in [-0.25, -0.2) is 0 Å². The van der Waals surface area contributed by atoms with Crippen LogP contribution in [0.5, 0.6) is 0 Å². The second-order valence-electron chi connectivity index (χ2n) is 11.9.